The van der Waals surface area contributed by atoms with E-state index in [1.54, 1.807) is 49.5 Å². The molecule has 0 bridgehead atoms. The number of hydrogen-bond acceptors (Lipinski definition) is 4. The van der Waals surface area contributed by atoms with Gasteiger partial charge in [0, 0.05) is 18.5 Å². The van der Waals surface area contributed by atoms with Gasteiger partial charge in [0.25, 0.3) is 5.91 Å². The summed E-state index contributed by atoms with van der Waals surface area (Å²) in [5.74, 6) is -1.16. The van der Waals surface area contributed by atoms with Crippen LogP contribution in [0.2, 0.25) is 0 Å². The third-order valence-electron chi connectivity index (χ3n) is 4.52. The highest BCUT2D eigenvalue weighted by molar-refractivity contribution is 5.85. The zero-order chi connectivity index (χ0) is 16.6. The van der Waals surface area contributed by atoms with Gasteiger partial charge in [-0.05, 0) is 11.6 Å². The minimum Gasteiger partial charge on any atom is -0.508 e. The molecule has 4 atom stereocenters. The zero-order valence-electron chi connectivity index (χ0n) is 12.7. The molecule has 120 valence electrons. The summed E-state index contributed by atoms with van der Waals surface area (Å²) in [7, 11) is 1.56. The van der Waals surface area contributed by atoms with Crippen molar-refractivity contribution in [3.05, 3.63) is 65.7 Å². The van der Waals surface area contributed by atoms with E-state index in [0.717, 1.165) is 0 Å². The zero-order valence-corrected chi connectivity index (χ0v) is 12.7. The fourth-order valence-electron chi connectivity index (χ4n) is 3.32. The molecule has 1 heterocycles. The van der Waals surface area contributed by atoms with Crippen LogP contribution in [0, 0.1) is 0 Å². The molecule has 1 aliphatic rings. The van der Waals surface area contributed by atoms with Gasteiger partial charge in [-0.3, -0.25) is 4.79 Å². The van der Waals surface area contributed by atoms with E-state index in [9.17, 15) is 20.1 Å². The second-order valence-corrected chi connectivity index (χ2v) is 5.82. The number of benzene rings is 2. The Morgan fingerprint density at radius 2 is 1.65 bits per heavy atom. The van der Waals surface area contributed by atoms with Gasteiger partial charge in [0.2, 0.25) is 0 Å². The van der Waals surface area contributed by atoms with Gasteiger partial charge in [-0.1, -0.05) is 48.5 Å². The Balaban J connectivity index is 2.05. The summed E-state index contributed by atoms with van der Waals surface area (Å²) in [5.41, 5.74) is 1.12. The van der Waals surface area contributed by atoms with Crippen molar-refractivity contribution in [2.45, 2.75) is 24.2 Å². The van der Waals surface area contributed by atoms with Crippen molar-refractivity contribution in [2.75, 3.05) is 7.05 Å². The minimum absolute atomic E-state index is 0.00455. The number of aromatic hydroxyl groups is 1. The molecule has 3 rings (SSSR count). The monoisotopic (exact) mass is 313 g/mol. The summed E-state index contributed by atoms with van der Waals surface area (Å²) in [6.45, 7) is 0. The second-order valence-electron chi connectivity index (χ2n) is 5.82. The number of para-hydroxylation sites is 1. The Kier molecular flexibility index (Phi) is 4.07. The number of carbonyl (C=O) groups excluding carboxylic acids is 1. The predicted octanol–water partition coefficient (Wildman–Crippen LogP) is 1.41. The van der Waals surface area contributed by atoms with Crippen molar-refractivity contribution in [3.63, 3.8) is 0 Å². The molecule has 1 amide bonds. The average molecular weight is 313 g/mol. The molecule has 5 heteroatoms. The molecule has 2 aromatic rings. The van der Waals surface area contributed by atoms with E-state index >= 15 is 0 Å². The summed E-state index contributed by atoms with van der Waals surface area (Å²) < 4.78 is 0. The van der Waals surface area contributed by atoms with Gasteiger partial charge >= 0.3 is 0 Å². The van der Waals surface area contributed by atoms with Crippen molar-refractivity contribution < 1.29 is 20.1 Å². The predicted molar refractivity (Wildman–Crippen MR) is 84.8 cm³/mol. The number of rotatable bonds is 3. The average Bonchev–Trinajstić information content (AvgIpc) is 2.80. The van der Waals surface area contributed by atoms with Crippen LogP contribution < -0.4 is 0 Å². The van der Waals surface area contributed by atoms with E-state index in [4.69, 9.17) is 0 Å². The Hall–Kier alpha value is -2.37. The van der Waals surface area contributed by atoms with Gasteiger partial charge < -0.3 is 20.2 Å². The van der Waals surface area contributed by atoms with Crippen molar-refractivity contribution >= 4 is 5.91 Å². The molecule has 1 aliphatic heterocycles. The first-order chi connectivity index (χ1) is 11.0. The standard InChI is InChI=1S/C18H19NO4/c1-19-15(16(21)11-7-3-2-4-8-11)14(17(22)18(19)23)12-9-5-6-10-13(12)20/h2-10,14-17,20-22H,1H3/t14-,15-,16-,17+/m1/s1. The van der Waals surface area contributed by atoms with E-state index in [2.05, 4.69) is 0 Å². The third kappa shape index (κ3) is 2.58. The number of carbonyl (C=O) groups is 1. The molecule has 0 aromatic heterocycles. The van der Waals surface area contributed by atoms with Crippen LogP contribution >= 0.6 is 0 Å². The van der Waals surface area contributed by atoms with E-state index < -0.39 is 30.1 Å². The molecule has 0 unspecified atom stereocenters. The van der Waals surface area contributed by atoms with E-state index in [0.29, 0.717) is 11.1 Å². The van der Waals surface area contributed by atoms with Crippen molar-refractivity contribution in [3.8, 4) is 5.75 Å². The number of nitrogens with zero attached hydrogens (tertiary/aromatic N) is 1. The normalized spacial score (nSPS) is 25.6. The third-order valence-corrected chi connectivity index (χ3v) is 4.52. The molecule has 0 spiro atoms. The van der Waals surface area contributed by atoms with E-state index in [1.165, 1.54) is 11.0 Å². The Morgan fingerprint density at radius 3 is 2.30 bits per heavy atom. The van der Waals surface area contributed by atoms with Crippen LogP contribution in [0.5, 0.6) is 5.75 Å². The summed E-state index contributed by atoms with van der Waals surface area (Å²) in [5, 5.41) is 31.2. The van der Waals surface area contributed by atoms with Crippen LogP contribution in [0.15, 0.2) is 54.6 Å². The molecule has 23 heavy (non-hydrogen) atoms. The lowest BCUT2D eigenvalue weighted by Gasteiger charge is -2.30. The molecule has 0 saturated carbocycles. The minimum atomic E-state index is -1.29. The van der Waals surface area contributed by atoms with Crippen LogP contribution in [0.3, 0.4) is 0 Å². The molecule has 1 saturated heterocycles. The largest absolute Gasteiger partial charge is 0.508 e. The van der Waals surface area contributed by atoms with E-state index in [-0.39, 0.29) is 5.75 Å². The first-order valence-electron chi connectivity index (χ1n) is 7.48. The lowest BCUT2D eigenvalue weighted by atomic mass is 9.84. The van der Waals surface area contributed by atoms with Gasteiger partial charge in [0.05, 0.1) is 6.04 Å². The summed E-state index contributed by atoms with van der Waals surface area (Å²) in [6.07, 6.45) is -2.26. The fourth-order valence-corrected chi connectivity index (χ4v) is 3.32. The van der Waals surface area contributed by atoms with Gasteiger partial charge in [0.15, 0.2) is 0 Å². The summed E-state index contributed by atoms with van der Waals surface area (Å²) in [6, 6.07) is 14.9. The molecular formula is C18H19NO4. The molecule has 3 N–H and O–H groups in total. The quantitative estimate of drug-likeness (QED) is 0.800. The topological polar surface area (TPSA) is 81.0 Å². The molecule has 0 radical (unpaired) electrons. The Labute approximate surface area is 134 Å². The molecular weight excluding hydrogens is 294 g/mol. The Bertz CT molecular complexity index is 703. The summed E-state index contributed by atoms with van der Waals surface area (Å²) in [4.78, 5) is 13.6. The maximum atomic E-state index is 12.2. The highest BCUT2D eigenvalue weighted by atomic mass is 16.3. The SMILES string of the molecule is CN1C(=O)[C@@H](O)[C@H](c2ccccc2O)[C@@H]1[C@H](O)c1ccccc1. The first kappa shape index (κ1) is 15.5. The van der Waals surface area contributed by atoms with Crippen molar-refractivity contribution in [1.29, 1.82) is 0 Å². The number of aliphatic hydroxyl groups is 2. The highest BCUT2D eigenvalue weighted by Crippen LogP contribution is 2.42. The first-order valence-corrected chi connectivity index (χ1v) is 7.48. The number of aliphatic hydroxyl groups excluding tert-OH is 2. The highest BCUT2D eigenvalue weighted by Gasteiger charge is 2.50. The summed E-state index contributed by atoms with van der Waals surface area (Å²) >= 11 is 0. The van der Waals surface area contributed by atoms with Gasteiger partial charge in [-0.15, -0.1) is 0 Å². The number of phenols is 1. The van der Waals surface area contributed by atoms with E-state index in [1.807, 2.05) is 6.07 Å². The van der Waals surface area contributed by atoms with Crippen LogP contribution in [0.4, 0.5) is 0 Å². The fraction of sp³-hybridized carbons (Fsp3) is 0.278. The maximum absolute atomic E-state index is 12.2. The number of phenolic OH excluding ortho intramolecular Hbond substituents is 1. The van der Waals surface area contributed by atoms with Crippen molar-refractivity contribution in [1.82, 2.24) is 4.90 Å². The molecule has 1 fully saturated rings. The lowest BCUT2D eigenvalue weighted by Crippen LogP contribution is -2.36. The number of likely N-dealkylation sites (N-methyl/N-ethyl adjacent to an activating group) is 1. The van der Waals surface area contributed by atoms with Crippen LogP contribution in [0.25, 0.3) is 0 Å². The number of hydrogen-bond donors (Lipinski definition) is 3. The Morgan fingerprint density at radius 1 is 1.04 bits per heavy atom. The van der Waals surface area contributed by atoms with Gasteiger partial charge in [0.1, 0.15) is 18.0 Å². The lowest BCUT2D eigenvalue weighted by molar-refractivity contribution is -0.135. The maximum Gasteiger partial charge on any atom is 0.252 e. The number of likely N-dealkylation sites (tertiary alicyclic amines) is 1. The van der Waals surface area contributed by atoms with Gasteiger partial charge in [-0.2, -0.15) is 0 Å². The molecule has 0 aliphatic carbocycles. The molecule has 5 nitrogen and oxygen atoms in total. The van der Waals surface area contributed by atoms with Crippen LogP contribution in [0.1, 0.15) is 23.1 Å². The smallest absolute Gasteiger partial charge is 0.252 e. The second kappa shape index (κ2) is 6.02. The van der Waals surface area contributed by atoms with Gasteiger partial charge in [-0.25, -0.2) is 0 Å². The number of amides is 1. The van der Waals surface area contributed by atoms with Crippen molar-refractivity contribution in [2.24, 2.45) is 0 Å². The van der Waals surface area contributed by atoms with Crippen LogP contribution in [-0.4, -0.2) is 45.3 Å². The van der Waals surface area contributed by atoms with Crippen LogP contribution in [-0.2, 0) is 4.79 Å². The molecule has 2 aromatic carbocycles.